The summed E-state index contributed by atoms with van der Waals surface area (Å²) in [6.45, 7) is 0. The first-order chi connectivity index (χ1) is 8.56. The Balaban J connectivity index is 2.56. The minimum absolute atomic E-state index is 0.264. The van der Waals surface area contributed by atoms with Gasteiger partial charge in [0.1, 0.15) is 5.82 Å². The van der Waals surface area contributed by atoms with E-state index in [-0.39, 0.29) is 17.7 Å². The normalized spacial score (nSPS) is 10.3. The van der Waals surface area contributed by atoms with E-state index in [4.69, 9.17) is 5.11 Å². The summed E-state index contributed by atoms with van der Waals surface area (Å²) < 4.78 is 13.1. The maximum atomic E-state index is 13.1. The summed E-state index contributed by atoms with van der Waals surface area (Å²) in [6.07, 6.45) is -0.318. The van der Waals surface area contributed by atoms with Crippen molar-refractivity contribution in [3.8, 4) is 11.1 Å². The van der Waals surface area contributed by atoms with Crippen molar-refractivity contribution in [1.29, 1.82) is 0 Å². The molecular weight excluding hydrogens is 237 g/mol. The van der Waals surface area contributed by atoms with Crippen molar-refractivity contribution in [2.45, 2.75) is 6.42 Å². The van der Waals surface area contributed by atoms with Gasteiger partial charge in [0.05, 0.1) is 6.42 Å². The lowest BCUT2D eigenvalue weighted by Crippen LogP contribution is -2.12. The van der Waals surface area contributed by atoms with E-state index in [0.29, 0.717) is 11.1 Å². The highest BCUT2D eigenvalue weighted by Gasteiger charge is 2.10. The maximum absolute atomic E-state index is 13.1. The molecule has 0 saturated carbocycles. The van der Waals surface area contributed by atoms with Crippen LogP contribution in [0.3, 0.4) is 0 Å². The van der Waals surface area contributed by atoms with Gasteiger partial charge >= 0.3 is 5.97 Å². The number of hydrogen-bond acceptors (Lipinski definition) is 2. The molecule has 0 spiro atoms. The average Bonchev–Trinajstić information content (AvgIpc) is 2.28. The van der Waals surface area contributed by atoms with Gasteiger partial charge in [0.15, 0.2) is 0 Å². The molecule has 4 nitrogen and oxygen atoms in total. The van der Waals surface area contributed by atoms with Gasteiger partial charge in [-0.25, -0.2) is 4.39 Å². The molecule has 2 rings (SSSR count). The Bertz CT molecular complexity index is 649. The molecule has 18 heavy (non-hydrogen) atoms. The zero-order valence-electron chi connectivity index (χ0n) is 9.31. The molecule has 5 heteroatoms. The largest absolute Gasteiger partial charge is 0.481 e. The van der Waals surface area contributed by atoms with Crippen molar-refractivity contribution in [1.82, 2.24) is 4.98 Å². The number of H-pyrrole nitrogens is 1. The minimum atomic E-state index is -1.06. The van der Waals surface area contributed by atoms with Crippen LogP contribution in [0.25, 0.3) is 11.1 Å². The Morgan fingerprint density at radius 3 is 2.72 bits per heavy atom. The van der Waals surface area contributed by atoms with Gasteiger partial charge in [-0.15, -0.1) is 0 Å². The third-order valence-corrected chi connectivity index (χ3v) is 2.46. The van der Waals surface area contributed by atoms with Gasteiger partial charge in [0, 0.05) is 17.3 Å². The summed E-state index contributed by atoms with van der Waals surface area (Å²) in [7, 11) is 0. The van der Waals surface area contributed by atoms with Gasteiger partial charge < -0.3 is 10.1 Å². The summed E-state index contributed by atoms with van der Waals surface area (Å²) in [5, 5.41) is 8.79. The minimum Gasteiger partial charge on any atom is -0.481 e. The Hall–Kier alpha value is -2.43. The molecule has 92 valence electrons. The lowest BCUT2D eigenvalue weighted by Gasteiger charge is -2.07. The van der Waals surface area contributed by atoms with Crippen LogP contribution in [0, 0.1) is 5.82 Å². The number of carbonyl (C=O) groups is 1. The summed E-state index contributed by atoms with van der Waals surface area (Å²) in [5.74, 6) is -1.48. The molecule has 0 amide bonds. The number of halogens is 1. The Morgan fingerprint density at radius 2 is 2.06 bits per heavy atom. The number of rotatable bonds is 3. The topological polar surface area (TPSA) is 70.2 Å². The summed E-state index contributed by atoms with van der Waals surface area (Å²) >= 11 is 0. The van der Waals surface area contributed by atoms with Crippen molar-refractivity contribution >= 4 is 5.97 Å². The first-order valence-electron chi connectivity index (χ1n) is 5.26. The first-order valence-corrected chi connectivity index (χ1v) is 5.26. The van der Waals surface area contributed by atoms with E-state index in [9.17, 15) is 14.0 Å². The number of benzene rings is 1. The van der Waals surface area contributed by atoms with Gasteiger partial charge in [-0.1, -0.05) is 12.1 Å². The van der Waals surface area contributed by atoms with E-state index in [1.165, 1.54) is 30.3 Å². The molecule has 0 aliphatic heterocycles. The Kier molecular flexibility index (Phi) is 3.23. The highest BCUT2D eigenvalue weighted by molar-refractivity contribution is 5.75. The molecule has 2 aromatic rings. The molecule has 0 aliphatic rings. The van der Waals surface area contributed by atoms with Crippen molar-refractivity contribution in [2.24, 2.45) is 0 Å². The van der Waals surface area contributed by atoms with E-state index in [0.717, 1.165) is 0 Å². The first kappa shape index (κ1) is 12.0. The fourth-order valence-electron chi connectivity index (χ4n) is 1.73. The third kappa shape index (κ3) is 2.63. The number of carboxylic acid groups (broad SMARTS) is 1. The molecule has 0 unspecified atom stereocenters. The molecule has 0 radical (unpaired) electrons. The Morgan fingerprint density at radius 1 is 1.28 bits per heavy atom. The molecule has 1 aromatic carbocycles. The predicted molar refractivity (Wildman–Crippen MR) is 63.8 cm³/mol. The molecule has 0 aliphatic carbocycles. The van der Waals surface area contributed by atoms with E-state index in [2.05, 4.69) is 4.98 Å². The van der Waals surface area contributed by atoms with Crippen molar-refractivity contribution < 1.29 is 14.3 Å². The van der Waals surface area contributed by atoms with E-state index in [1.807, 2.05) is 0 Å². The average molecular weight is 247 g/mol. The summed E-state index contributed by atoms with van der Waals surface area (Å²) in [4.78, 5) is 24.4. The predicted octanol–water partition coefficient (Wildman–Crippen LogP) is 1.81. The zero-order chi connectivity index (χ0) is 13.1. The molecule has 2 N–H and O–H groups in total. The fourth-order valence-corrected chi connectivity index (χ4v) is 1.73. The lowest BCUT2D eigenvalue weighted by molar-refractivity contribution is -0.136. The number of hydrogen-bond donors (Lipinski definition) is 2. The molecular formula is C13H10FNO3. The molecule has 0 bridgehead atoms. The van der Waals surface area contributed by atoms with Gasteiger partial charge in [-0.2, -0.15) is 0 Å². The molecule has 0 saturated heterocycles. The van der Waals surface area contributed by atoms with Crippen molar-refractivity contribution in [3.05, 3.63) is 58.3 Å². The summed E-state index contributed by atoms with van der Waals surface area (Å²) in [5.41, 5.74) is 0.922. The standard InChI is InChI=1S/C13H10FNO3/c14-9-3-1-2-8(6-9)10-4-5-12(16)15-11(10)7-13(17)18/h1-6H,7H2,(H,15,16)(H,17,18). The molecule has 0 atom stereocenters. The molecule has 0 fully saturated rings. The highest BCUT2D eigenvalue weighted by atomic mass is 19.1. The SMILES string of the molecule is O=C(O)Cc1[nH]c(=O)ccc1-c1cccc(F)c1. The second-order valence-electron chi connectivity index (χ2n) is 3.80. The van der Waals surface area contributed by atoms with Crippen LogP contribution in [0.2, 0.25) is 0 Å². The molecule has 1 heterocycles. The quantitative estimate of drug-likeness (QED) is 0.868. The van der Waals surface area contributed by atoms with Crippen LogP contribution in [-0.4, -0.2) is 16.1 Å². The second-order valence-corrected chi connectivity index (χ2v) is 3.80. The van der Waals surface area contributed by atoms with Crippen LogP contribution in [0.15, 0.2) is 41.2 Å². The lowest BCUT2D eigenvalue weighted by atomic mass is 10.0. The van der Waals surface area contributed by atoms with Crippen LogP contribution < -0.4 is 5.56 Å². The van der Waals surface area contributed by atoms with Crippen LogP contribution in [0.5, 0.6) is 0 Å². The monoisotopic (exact) mass is 247 g/mol. The van der Waals surface area contributed by atoms with Crippen molar-refractivity contribution in [2.75, 3.05) is 0 Å². The zero-order valence-corrected chi connectivity index (χ0v) is 9.31. The Labute approximate surface area is 102 Å². The van der Waals surface area contributed by atoms with Gasteiger partial charge in [-0.3, -0.25) is 9.59 Å². The third-order valence-electron chi connectivity index (χ3n) is 2.46. The van der Waals surface area contributed by atoms with E-state index in [1.54, 1.807) is 6.07 Å². The van der Waals surface area contributed by atoms with Crippen LogP contribution in [0.1, 0.15) is 5.69 Å². The highest BCUT2D eigenvalue weighted by Crippen LogP contribution is 2.22. The van der Waals surface area contributed by atoms with Crippen LogP contribution in [-0.2, 0) is 11.2 Å². The van der Waals surface area contributed by atoms with Crippen molar-refractivity contribution in [3.63, 3.8) is 0 Å². The van der Waals surface area contributed by atoms with Gasteiger partial charge in [-0.05, 0) is 23.8 Å². The maximum Gasteiger partial charge on any atom is 0.309 e. The number of aliphatic carboxylic acids is 1. The van der Waals surface area contributed by atoms with Crippen LogP contribution in [0.4, 0.5) is 4.39 Å². The smallest absolute Gasteiger partial charge is 0.309 e. The fraction of sp³-hybridized carbons (Fsp3) is 0.0769. The summed E-state index contributed by atoms with van der Waals surface area (Å²) in [6, 6.07) is 8.55. The van der Waals surface area contributed by atoms with E-state index < -0.39 is 11.8 Å². The second kappa shape index (κ2) is 4.83. The number of pyridine rings is 1. The van der Waals surface area contributed by atoms with Gasteiger partial charge in [0.25, 0.3) is 0 Å². The number of aromatic nitrogens is 1. The number of aromatic amines is 1. The molecule has 1 aromatic heterocycles. The van der Waals surface area contributed by atoms with E-state index >= 15 is 0 Å². The van der Waals surface area contributed by atoms with Gasteiger partial charge in [0.2, 0.25) is 5.56 Å². The van der Waals surface area contributed by atoms with Crippen LogP contribution >= 0.6 is 0 Å². The number of carboxylic acids is 1. The number of nitrogens with one attached hydrogen (secondary N) is 1.